The Hall–Kier alpha value is -1.38. The van der Waals surface area contributed by atoms with Crippen LogP contribution in [0.3, 0.4) is 0 Å². The number of Topliss-reactive ketones (excluding diaryl/α,β-unsaturated/α-hetero) is 1. The van der Waals surface area contributed by atoms with Gasteiger partial charge in [0.05, 0.1) is 6.42 Å². The molecule has 1 atom stereocenters. The summed E-state index contributed by atoms with van der Waals surface area (Å²) in [5.74, 6) is -2.41. The second-order valence-corrected chi connectivity index (χ2v) is 5.49. The summed E-state index contributed by atoms with van der Waals surface area (Å²) < 4.78 is 76.1. The lowest BCUT2D eigenvalue weighted by atomic mass is 10.1. The topological polar surface area (TPSA) is 29.1 Å². The fourth-order valence-corrected chi connectivity index (χ4v) is 2.96. The van der Waals surface area contributed by atoms with E-state index in [1.54, 1.807) is 0 Å². The van der Waals surface area contributed by atoms with Crippen LogP contribution in [-0.4, -0.2) is 23.0 Å². The maximum absolute atomic E-state index is 13.1. The minimum absolute atomic E-state index is 0.0600. The van der Waals surface area contributed by atoms with E-state index < -0.39 is 29.4 Å². The second-order valence-electron chi connectivity index (χ2n) is 4.15. The van der Waals surface area contributed by atoms with Crippen LogP contribution in [0.2, 0.25) is 0 Å². The minimum atomic E-state index is -5.30. The Labute approximate surface area is 113 Å². The van der Waals surface area contributed by atoms with Crippen molar-refractivity contribution in [2.45, 2.75) is 28.5 Å². The monoisotopic (exact) mass is 315 g/mol. The lowest BCUT2D eigenvalue weighted by Gasteiger charge is -2.31. The summed E-state index contributed by atoms with van der Waals surface area (Å²) in [6.07, 6.45) is -12.0. The quantitative estimate of drug-likeness (QED) is 0.837. The smallest absolute Gasteiger partial charge is 0.362 e. The van der Waals surface area contributed by atoms with Crippen molar-refractivity contribution in [1.29, 1.82) is 0 Å². The van der Waals surface area contributed by atoms with Crippen LogP contribution in [0.1, 0.15) is 6.42 Å². The Morgan fingerprint density at radius 1 is 1.15 bits per heavy atom. The third-order valence-electron chi connectivity index (χ3n) is 2.69. The summed E-state index contributed by atoms with van der Waals surface area (Å²) >= 11 is 0.178. The average molecular weight is 315 g/mol. The Balaban J connectivity index is 2.35. The van der Waals surface area contributed by atoms with E-state index in [4.69, 9.17) is 0 Å². The number of thioether (sulfide) groups is 1. The first-order chi connectivity index (χ1) is 9.05. The zero-order valence-corrected chi connectivity index (χ0v) is 10.4. The number of halogens is 6. The predicted octanol–water partition coefficient (Wildman–Crippen LogP) is 3.98. The molecule has 2 nitrogen and oxygen atoms in total. The molecule has 0 saturated heterocycles. The fourth-order valence-electron chi connectivity index (χ4n) is 1.73. The molecule has 2 rings (SSSR count). The molecular formula is C11H7F6NOS. The fraction of sp³-hybridized carbons (Fsp3) is 0.364. The molecule has 1 aromatic carbocycles. The second kappa shape index (κ2) is 4.57. The number of rotatable bonds is 2. The summed E-state index contributed by atoms with van der Waals surface area (Å²) in [5.41, 5.74) is 0.0600. The van der Waals surface area contributed by atoms with Gasteiger partial charge in [0.25, 0.3) is 0 Å². The number of ketones is 1. The average Bonchev–Trinajstić information content (AvgIpc) is 2.66. The zero-order valence-electron chi connectivity index (χ0n) is 9.60. The maximum Gasteiger partial charge on any atom is 0.450 e. The van der Waals surface area contributed by atoms with Crippen molar-refractivity contribution in [3.05, 3.63) is 24.3 Å². The van der Waals surface area contributed by atoms with Crippen molar-refractivity contribution >= 4 is 23.2 Å². The molecule has 1 heterocycles. The van der Waals surface area contributed by atoms with Crippen LogP contribution in [0.5, 0.6) is 0 Å². The van der Waals surface area contributed by atoms with Crippen LogP contribution in [0, 0.1) is 0 Å². The first-order valence-corrected chi connectivity index (χ1v) is 6.10. The van der Waals surface area contributed by atoms with E-state index in [0.29, 0.717) is 0 Å². The van der Waals surface area contributed by atoms with Gasteiger partial charge in [-0.05, 0) is 12.1 Å². The molecular weight excluding hydrogens is 308 g/mol. The van der Waals surface area contributed by atoms with Crippen molar-refractivity contribution in [3.8, 4) is 0 Å². The van der Waals surface area contributed by atoms with Gasteiger partial charge in [0, 0.05) is 10.6 Å². The van der Waals surface area contributed by atoms with Gasteiger partial charge in [0.2, 0.25) is 5.78 Å². The van der Waals surface area contributed by atoms with Crippen molar-refractivity contribution in [2.75, 3.05) is 5.32 Å². The van der Waals surface area contributed by atoms with Crippen molar-refractivity contribution < 1.29 is 31.1 Å². The summed E-state index contributed by atoms with van der Waals surface area (Å²) in [6, 6.07) is 5.57. The first kappa shape index (κ1) is 15.0. The molecule has 1 unspecified atom stereocenters. The number of nitrogens with one attached hydrogen (secondary N) is 1. The number of para-hydroxylation sites is 1. The molecule has 9 heteroatoms. The van der Waals surface area contributed by atoms with E-state index in [2.05, 4.69) is 0 Å². The minimum Gasteiger partial charge on any atom is -0.362 e. The Bertz CT molecular complexity index is 513. The number of hydrogen-bond donors (Lipinski definition) is 1. The summed E-state index contributed by atoms with van der Waals surface area (Å²) in [4.78, 5) is 8.11. The summed E-state index contributed by atoms with van der Waals surface area (Å²) in [6.45, 7) is 0. The molecule has 0 aromatic heterocycles. The number of alkyl halides is 6. The Morgan fingerprint density at radius 2 is 1.75 bits per heavy atom. The number of carbonyl (C=O) groups is 1. The van der Waals surface area contributed by atoms with E-state index in [0.717, 1.165) is 0 Å². The van der Waals surface area contributed by atoms with E-state index in [1.165, 1.54) is 24.3 Å². The van der Waals surface area contributed by atoms with Gasteiger partial charge >= 0.3 is 12.4 Å². The van der Waals surface area contributed by atoms with Gasteiger partial charge in [0.1, 0.15) is 0 Å². The van der Waals surface area contributed by atoms with Crippen LogP contribution in [-0.2, 0) is 4.79 Å². The van der Waals surface area contributed by atoms with Gasteiger partial charge in [-0.1, -0.05) is 23.9 Å². The van der Waals surface area contributed by atoms with E-state index >= 15 is 0 Å². The molecule has 0 spiro atoms. The highest BCUT2D eigenvalue weighted by atomic mass is 32.2. The van der Waals surface area contributed by atoms with E-state index in [1.807, 2.05) is 5.32 Å². The molecule has 20 heavy (non-hydrogen) atoms. The Morgan fingerprint density at radius 3 is 2.25 bits per heavy atom. The molecule has 0 bridgehead atoms. The number of hydrogen-bond acceptors (Lipinski definition) is 3. The highest BCUT2D eigenvalue weighted by Gasteiger charge is 2.62. The van der Waals surface area contributed by atoms with Crippen LogP contribution < -0.4 is 5.32 Å². The lowest BCUT2D eigenvalue weighted by molar-refractivity contribution is -0.182. The molecule has 1 aliphatic heterocycles. The molecule has 0 saturated carbocycles. The van der Waals surface area contributed by atoms with Gasteiger partial charge < -0.3 is 5.32 Å². The Kier molecular flexibility index (Phi) is 3.43. The van der Waals surface area contributed by atoms with E-state index in [-0.39, 0.29) is 22.3 Å². The van der Waals surface area contributed by atoms with Crippen LogP contribution in [0.25, 0.3) is 0 Å². The SMILES string of the molecule is O=C(CC1(C(F)(F)F)Nc2ccccc2S1)C(F)(F)F. The summed E-state index contributed by atoms with van der Waals surface area (Å²) in [7, 11) is 0. The third kappa shape index (κ3) is 2.58. The van der Waals surface area contributed by atoms with Crippen LogP contribution >= 0.6 is 11.8 Å². The highest BCUT2D eigenvalue weighted by molar-refractivity contribution is 8.01. The molecule has 0 radical (unpaired) electrons. The molecule has 0 aliphatic carbocycles. The normalized spacial score (nSPS) is 22.3. The zero-order chi connectivity index (χ0) is 15.2. The third-order valence-corrected chi connectivity index (χ3v) is 4.09. The standard InChI is InChI=1S/C11H7F6NOS/c12-10(13,14)8(19)5-9(11(15,16)17)18-6-3-1-2-4-7(6)20-9/h1-4,18H,5H2. The number of fused-ring (bicyclic) bond motifs is 1. The molecule has 1 aromatic rings. The van der Waals surface area contributed by atoms with Gasteiger partial charge in [-0.3, -0.25) is 4.79 Å². The maximum atomic E-state index is 13.1. The largest absolute Gasteiger partial charge is 0.450 e. The first-order valence-electron chi connectivity index (χ1n) is 5.28. The van der Waals surface area contributed by atoms with Crippen molar-refractivity contribution in [2.24, 2.45) is 0 Å². The van der Waals surface area contributed by atoms with Gasteiger partial charge in [-0.25, -0.2) is 0 Å². The number of benzene rings is 1. The number of anilines is 1. The van der Waals surface area contributed by atoms with Crippen molar-refractivity contribution in [3.63, 3.8) is 0 Å². The van der Waals surface area contributed by atoms with E-state index in [9.17, 15) is 31.1 Å². The lowest BCUT2D eigenvalue weighted by Crippen LogP contribution is -2.50. The summed E-state index contributed by atoms with van der Waals surface area (Å²) in [5, 5.41) is 2.01. The molecule has 0 fully saturated rings. The van der Waals surface area contributed by atoms with Gasteiger partial charge in [-0.2, -0.15) is 26.3 Å². The predicted molar refractivity (Wildman–Crippen MR) is 60.4 cm³/mol. The van der Waals surface area contributed by atoms with Crippen molar-refractivity contribution in [1.82, 2.24) is 0 Å². The molecule has 1 aliphatic rings. The van der Waals surface area contributed by atoms with Gasteiger partial charge in [-0.15, -0.1) is 0 Å². The van der Waals surface area contributed by atoms with Crippen LogP contribution in [0.15, 0.2) is 29.2 Å². The highest BCUT2D eigenvalue weighted by Crippen LogP contribution is 2.55. The van der Waals surface area contributed by atoms with Gasteiger partial charge in [0.15, 0.2) is 4.87 Å². The van der Waals surface area contributed by atoms with Crippen LogP contribution in [0.4, 0.5) is 32.0 Å². The molecule has 1 N–H and O–H groups in total. The molecule has 0 amide bonds. The number of carbonyl (C=O) groups excluding carboxylic acids is 1. The molecule has 110 valence electrons.